The maximum atomic E-state index is 6.20. The zero-order chi connectivity index (χ0) is 13.9. The van der Waals surface area contributed by atoms with Gasteiger partial charge in [-0.25, -0.2) is 0 Å². The number of nitrogens with one attached hydrogen (secondary N) is 1. The summed E-state index contributed by atoms with van der Waals surface area (Å²) in [6, 6.07) is 8.42. The molecule has 5 heteroatoms. The van der Waals surface area contributed by atoms with E-state index in [0.717, 1.165) is 26.2 Å². The molecule has 1 aromatic heterocycles. The third kappa shape index (κ3) is 3.02. The molecule has 0 bridgehead atoms. The number of rotatable bonds is 3. The molecule has 2 heterocycles. The number of thiophene rings is 1. The molecule has 0 saturated carbocycles. The Morgan fingerprint density at radius 3 is 2.50 bits per heavy atom. The minimum Gasteiger partial charge on any atom is -0.314 e. The van der Waals surface area contributed by atoms with Crippen molar-refractivity contribution in [3.63, 3.8) is 0 Å². The van der Waals surface area contributed by atoms with Crippen molar-refractivity contribution in [3.8, 4) is 0 Å². The van der Waals surface area contributed by atoms with Crippen LogP contribution < -0.4 is 5.32 Å². The van der Waals surface area contributed by atoms with Gasteiger partial charge in [0.05, 0.1) is 16.1 Å². The van der Waals surface area contributed by atoms with E-state index in [2.05, 4.69) is 33.1 Å². The molecule has 0 aliphatic carbocycles. The number of benzene rings is 1. The number of nitrogens with zero attached hydrogens (tertiary/aromatic N) is 1. The summed E-state index contributed by atoms with van der Waals surface area (Å²) in [5.74, 6) is 0. The van der Waals surface area contributed by atoms with Gasteiger partial charge in [0, 0.05) is 26.2 Å². The quantitative estimate of drug-likeness (QED) is 0.915. The first-order valence-electron chi connectivity index (χ1n) is 6.67. The highest BCUT2D eigenvalue weighted by atomic mass is 35.5. The minimum absolute atomic E-state index is 0.262. The normalized spacial score (nSPS) is 18.1. The fourth-order valence-corrected chi connectivity index (χ4v) is 3.65. The van der Waals surface area contributed by atoms with Crippen molar-refractivity contribution in [2.45, 2.75) is 6.04 Å². The first-order valence-corrected chi connectivity index (χ1v) is 8.37. The Bertz CT molecular complexity index is 565. The second-order valence-corrected chi connectivity index (χ2v) is 6.51. The molecule has 1 N–H and O–H groups in total. The van der Waals surface area contributed by atoms with Gasteiger partial charge in [-0.1, -0.05) is 29.3 Å². The summed E-state index contributed by atoms with van der Waals surface area (Å²) < 4.78 is 0. The predicted octanol–water partition coefficient (Wildman–Crippen LogP) is 4.05. The highest BCUT2D eigenvalue weighted by Gasteiger charge is 2.24. The molecule has 1 aliphatic heterocycles. The lowest BCUT2D eigenvalue weighted by Crippen LogP contribution is -2.45. The minimum atomic E-state index is 0.262. The first kappa shape index (κ1) is 14.4. The summed E-state index contributed by atoms with van der Waals surface area (Å²) in [5, 5.41) is 8.98. The van der Waals surface area contributed by atoms with Crippen molar-refractivity contribution in [3.05, 3.63) is 56.2 Å². The molecule has 1 aromatic carbocycles. The van der Waals surface area contributed by atoms with Gasteiger partial charge in [0.25, 0.3) is 0 Å². The second-order valence-electron chi connectivity index (χ2n) is 4.92. The van der Waals surface area contributed by atoms with Gasteiger partial charge in [-0.05, 0) is 40.1 Å². The first-order chi connectivity index (χ1) is 9.75. The summed E-state index contributed by atoms with van der Waals surface area (Å²) in [5.41, 5.74) is 2.54. The van der Waals surface area contributed by atoms with Gasteiger partial charge in [0.1, 0.15) is 0 Å². The number of hydrogen-bond donors (Lipinski definition) is 1. The van der Waals surface area contributed by atoms with Gasteiger partial charge >= 0.3 is 0 Å². The Kier molecular flexibility index (Phi) is 4.64. The lowest BCUT2D eigenvalue weighted by atomic mass is 9.99. The Labute approximate surface area is 133 Å². The second kappa shape index (κ2) is 6.46. The monoisotopic (exact) mass is 326 g/mol. The summed E-state index contributed by atoms with van der Waals surface area (Å²) in [6.07, 6.45) is 0. The van der Waals surface area contributed by atoms with Crippen LogP contribution in [-0.4, -0.2) is 31.1 Å². The molecule has 0 spiro atoms. The lowest BCUT2D eigenvalue weighted by molar-refractivity contribution is 0.199. The van der Waals surface area contributed by atoms with E-state index in [0.29, 0.717) is 10.0 Å². The third-order valence-electron chi connectivity index (χ3n) is 3.64. The van der Waals surface area contributed by atoms with Crippen molar-refractivity contribution < 1.29 is 0 Å². The van der Waals surface area contributed by atoms with E-state index in [9.17, 15) is 0 Å². The molecule has 106 valence electrons. The number of hydrogen-bond acceptors (Lipinski definition) is 3. The average molecular weight is 327 g/mol. The zero-order valence-corrected chi connectivity index (χ0v) is 13.3. The Balaban J connectivity index is 1.98. The molecule has 1 unspecified atom stereocenters. The molecule has 3 rings (SSSR count). The van der Waals surface area contributed by atoms with Gasteiger partial charge in [-0.15, -0.1) is 0 Å². The van der Waals surface area contributed by atoms with Gasteiger partial charge in [0.2, 0.25) is 0 Å². The summed E-state index contributed by atoms with van der Waals surface area (Å²) >= 11 is 14.0. The summed E-state index contributed by atoms with van der Waals surface area (Å²) in [7, 11) is 0. The van der Waals surface area contributed by atoms with Crippen LogP contribution in [0.25, 0.3) is 0 Å². The molecule has 0 amide bonds. The molecule has 2 nitrogen and oxygen atoms in total. The summed E-state index contributed by atoms with van der Waals surface area (Å²) in [6.45, 7) is 4.14. The molecule has 1 aliphatic rings. The molecule has 0 radical (unpaired) electrons. The Morgan fingerprint density at radius 2 is 1.85 bits per heavy atom. The maximum absolute atomic E-state index is 6.20. The topological polar surface area (TPSA) is 15.3 Å². The van der Waals surface area contributed by atoms with Crippen LogP contribution in [0.3, 0.4) is 0 Å². The highest BCUT2D eigenvalue weighted by molar-refractivity contribution is 7.08. The van der Waals surface area contributed by atoms with Crippen LogP contribution in [0.15, 0.2) is 35.0 Å². The molecule has 2 aromatic rings. The van der Waals surface area contributed by atoms with Crippen LogP contribution >= 0.6 is 34.5 Å². The lowest BCUT2D eigenvalue weighted by Gasteiger charge is -2.35. The van der Waals surface area contributed by atoms with Crippen LogP contribution in [0.2, 0.25) is 10.0 Å². The fraction of sp³-hybridized carbons (Fsp3) is 0.333. The molecule has 1 saturated heterocycles. The van der Waals surface area contributed by atoms with E-state index >= 15 is 0 Å². The highest BCUT2D eigenvalue weighted by Crippen LogP contribution is 2.33. The van der Waals surface area contributed by atoms with E-state index in [1.54, 1.807) is 11.3 Å². The van der Waals surface area contributed by atoms with E-state index in [4.69, 9.17) is 23.2 Å². The van der Waals surface area contributed by atoms with E-state index < -0.39 is 0 Å². The zero-order valence-electron chi connectivity index (χ0n) is 11.0. The van der Waals surface area contributed by atoms with E-state index in [1.165, 1.54) is 11.1 Å². The van der Waals surface area contributed by atoms with Gasteiger partial charge in [0.15, 0.2) is 0 Å². The van der Waals surface area contributed by atoms with Crippen molar-refractivity contribution in [1.29, 1.82) is 0 Å². The standard InChI is InChI=1S/C15H16Cl2N2S/c16-13-2-1-11(9-14(13)17)15(12-3-8-20-10-12)19-6-4-18-5-7-19/h1-3,8-10,15,18H,4-7H2. The maximum Gasteiger partial charge on any atom is 0.0611 e. The van der Waals surface area contributed by atoms with Gasteiger partial charge in [-0.3, -0.25) is 4.90 Å². The summed E-state index contributed by atoms with van der Waals surface area (Å²) in [4.78, 5) is 2.50. The van der Waals surface area contributed by atoms with Crippen LogP contribution in [0, 0.1) is 0 Å². The van der Waals surface area contributed by atoms with Crippen molar-refractivity contribution >= 4 is 34.5 Å². The van der Waals surface area contributed by atoms with Crippen molar-refractivity contribution in [2.75, 3.05) is 26.2 Å². The molecular weight excluding hydrogens is 311 g/mol. The van der Waals surface area contributed by atoms with Crippen LogP contribution in [-0.2, 0) is 0 Å². The molecule has 20 heavy (non-hydrogen) atoms. The molecule has 1 atom stereocenters. The van der Waals surface area contributed by atoms with E-state index in [1.807, 2.05) is 12.1 Å². The average Bonchev–Trinajstić information content (AvgIpc) is 2.98. The fourth-order valence-electron chi connectivity index (χ4n) is 2.67. The van der Waals surface area contributed by atoms with Crippen LogP contribution in [0.4, 0.5) is 0 Å². The smallest absolute Gasteiger partial charge is 0.0611 e. The largest absolute Gasteiger partial charge is 0.314 e. The van der Waals surface area contributed by atoms with Gasteiger partial charge < -0.3 is 5.32 Å². The van der Waals surface area contributed by atoms with Crippen molar-refractivity contribution in [1.82, 2.24) is 10.2 Å². The van der Waals surface area contributed by atoms with Crippen LogP contribution in [0.5, 0.6) is 0 Å². The molecule has 1 fully saturated rings. The third-order valence-corrected chi connectivity index (χ3v) is 5.08. The van der Waals surface area contributed by atoms with E-state index in [-0.39, 0.29) is 6.04 Å². The SMILES string of the molecule is Clc1ccc(C(c2ccsc2)N2CCNCC2)cc1Cl. The predicted molar refractivity (Wildman–Crippen MR) is 87.1 cm³/mol. The Hall–Kier alpha value is -0.580. The Morgan fingerprint density at radius 1 is 1.05 bits per heavy atom. The number of piperazine rings is 1. The molecular formula is C15H16Cl2N2S. The number of halogens is 2. The van der Waals surface area contributed by atoms with Crippen LogP contribution in [0.1, 0.15) is 17.2 Å². The van der Waals surface area contributed by atoms with Crippen molar-refractivity contribution in [2.24, 2.45) is 0 Å². The van der Waals surface area contributed by atoms with Gasteiger partial charge in [-0.2, -0.15) is 11.3 Å².